The Morgan fingerprint density at radius 2 is 1.82 bits per heavy atom. The average Bonchev–Trinajstić information content (AvgIpc) is 2.54. The number of carbonyl (C=O) groups excluding carboxylic acids is 1. The monoisotopic (exact) mass is 317 g/mol. The molecule has 2 aromatic rings. The van der Waals surface area contributed by atoms with Crippen molar-refractivity contribution in [3.05, 3.63) is 66.0 Å². The summed E-state index contributed by atoms with van der Waals surface area (Å²) >= 11 is 1.55. The summed E-state index contributed by atoms with van der Waals surface area (Å²) in [6.45, 7) is 2.54. The van der Waals surface area contributed by atoms with E-state index in [9.17, 15) is 9.18 Å². The summed E-state index contributed by atoms with van der Waals surface area (Å²) < 4.78 is 12.8. The molecular weight excluding hydrogens is 297 g/mol. The van der Waals surface area contributed by atoms with Gasteiger partial charge in [-0.25, -0.2) is 4.39 Å². The van der Waals surface area contributed by atoms with Crippen LogP contribution >= 0.6 is 11.8 Å². The summed E-state index contributed by atoms with van der Waals surface area (Å²) in [5.74, 6) is -0.170. The lowest BCUT2D eigenvalue weighted by molar-refractivity contribution is -0.120. The summed E-state index contributed by atoms with van der Waals surface area (Å²) in [5, 5.41) is 2.83. The Hall–Kier alpha value is -1.81. The summed E-state index contributed by atoms with van der Waals surface area (Å²) in [6.07, 6.45) is 1.68. The molecule has 0 heterocycles. The van der Waals surface area contributed by atoms with Crippen molar-refractivity contribution >= 4 is 17.7 Å². The fourth-order valence-corrected chi connectivity index (χ4v) is 2.97. The highest BCUT2D eigenvalue weighted by Crippen LogP contribution is 2.22. The Bertz CT molecular complexity index is 586. The first-order valence-corrected chi connectivity index (χ1v) is 8.27. The zero-order chi connectivity index (χ0) is 15.8. The Labute approximate surface area is 135 Å². The van der Waals surface area contributed by atoms with Gasteiger partial charge in [0, 0.05) is 11.4 Å². The minimum atomic E-state index is -0.219. The third-order valence-corrected chi connectivity index (χ3v) is 4.39. The molecule has 2 rings (SSSR count). The van der Waals surface area contributed by atoms with Gasteiger partial charge < -0.3 is 5.32 Å². The normalized spacial score (nSPS) is 11.9. The van der Waals surface area contributed by atoms with Crippen molar-refractivity contribution in [3.8, 4) is 0 Å². The zero-order valence-corrected chi connectivity index (χ0v) is 13.4. The van der Waals surface area contributed by atoms with Crippen molar-refractivity contribution < 1.29 is 9.18 Å². The molecular formula is C18H20FNOS. The van der Waals surface area contributed by atoms with Crippen LogP contribution in [0.1, 0.15) is 18.9 Å². The Morgan fingerprint density at radius 3 is 2.50 bits per heavy atom. The highest BCUT2D eigenvalue weighted by Gasteiger charge is 2.13. The molecule has 0 saturated carbocycles. The van der Waals surface area contributed by atoms with Crippen LogP contribution < -0.4 is 5.32 Å². The fourth-order valence-electron chi connectivity index (χ4n) is 2.06. The number of hydrogen-bond acceptors (Lipinski definition) is 2. The summed E-state index contributed by atoms with van der Waals surface area (Å²) in [5.41, 5.74) is 1.09. The maximum atomic E-state index is 12.8. The molecule has 0 unspecified atom stereocenters. The molecule has 116 valence electrons. The first-order chi connectivity index (χ1) is 10.6. The highest BCUT2D eigenvalue weighted by molar-refractivity contribution is 8.00. The van der Waals surface area contributed by atoms with Gasteiger partial charge in [0.25, 0.3) is 0 Å². The van der Waals surface area contributed by atoms with Crippen molar-refractivity contribution in [2.75, 3.05) is 6.54 Å². The zero-order valence-electron chi connectivity index (χ0n) is 12.6. The van der Waals surface area contributed by atoms with Crippen LogP contribution in [0.15, 0.2) is 59.5 Å². The van der Waals surface area contributed by atoms with E-state index in [2.05, 4.69) is 5.32 Å². The van der Waals surface area contributed by atoms with Crippen LogP contribution in [0.3, 0.4) is 0 Å². The van der Waals surface area contributed by atoms with E-state index in [0.29, 0.717) is 6.54 Å². The van der Waals surface area contributed by atoms with Crippen LogP contribution in [-0.2, 0) is 11.2 Å². The molecule has 0 aliphatic heterocycles. The van der Waals surface area contributed by atoms with Crippen LogP contribution in [0.2, 0.25) is 0 Å². The van der Waals surface area contributed by atoms with Crippen LogP contribution in [0.4, 0.5) is 4.39 Å². The average molecular weight is 317 g/mol. The number of amides is 1. The van der Waals surface area contributed by atoms with Gasteiger partial charge in [-0.1, -0.05) is 30.3 Å². The lowest BCUT2D eigenvalue weighted by Crippen LogP contribution is -2.31. The van der Waals surface area contributed by atoms with Crippen LogP contribution in [-0.4, -0.2) is 17.7 Å². The van der Waals surface area contributed by atoms with Gasteiger partial charge in [0.1, 0.15) is 5.82 Å². The first kappa shape index (κ1) is 16.6. The van der Waals surface area contributed by atoms with E-state index in [0.717, 1.165) is 23.3 Å². The number of carbonyl (C=O) groups is 1. The fraction of sp³-hybridized carbons (Fsp3) is 0.278. The second kappa shape index (κ2) is 8.59. The standard InChI is InChI=1S/C18H20FNOS/c1-14(22-17-7-3-2-4-8-17)18(21)20-13-5-6-15-9-11-16(19)12-10-15/h2-4,7-12,14H,5-6,13H2,1H3,(H,20,21)/t14-/m0/s1. The molecule has 4 heteroatoms. The molecule has 2 nitrogen and oxygen atoms in total. The smallest absolute Gasteiger partial charge is 0.233 e. The lowest BCUT2D eigenvalue weighted by atomic mass is 10.1. The number of aryl methyl sites for hydroxylation is 1. The summed E-state index contributed by atoms with van der Waals surface area (Å²) in [7, 11) is 0. The predicted octanol–water partition coefficient (Wildman–Crippen LogP) is 4.06. The number of nitrogens with one attached hydrogen (secondary N) is 1. The molecule has 0 saturated heterocycles. The maximum absolute atomic E-state index is 12.8. The van der Waals surface area contributed by atoms with Gasteiger partial charge in [-0.2, -0.15) is 0 Å². The van der Waals surface area contributed by atoms with E-state index >= 15 is 0 Å². The van der Waals surface area contributed by atoms with Gasteiger partial charge in [-0.3, -0.25) is 4.79 Å². The minimum Gasteiger partial charge on any atom is -0.355 e. The largest absolute Gasteiger partial charge is 0.355 e. The molecule has 0 aliphatic rings. The van der Waals surface area contributed by atoms with E-state index in [4.69, 9.17) is 0 Å². The van der Waals surface area contributed by atoms with Crippen LogP contribution in [0.25, 0.3) is 0 Å². The molecule has 0 aromatic heterocycles. The Morgan fingerprint density at radius 1 is 1.14 bits per heavy atom. The second-order valence-electron chi connectivity index (χ2n) is 5.09. The van der Waals surface area contributed by atoms with Crippen LogP contribution in [0, 0.1) is 5.82 Å². The highest BCUT2D eigenvalue weighted by atomic mass is 32.2. The third kappa shape index (κ3) is 5.53. The number of benzene rings is 2. The van der Waals surface area contributed by atoms with Gasteiger partial charge in [0.2, 0.25) is 5.91 Å². The van der Waals surface area contributed by atoms with E-state index in [1.54, 1.807) is 23.9 Å². The first-order valence-electron chi connectivity index (χ1n) is 7.39. The molecule has 22 heavy (non-hydrogen) atoms. The molecule has 1 atom stereocenters. The molecule has 1 N–H and O–H groups in total. The Balaban J connectivity index is 1.67. The number of thioether (sulfide) groups is 1. The van der Waals surface area contributed by atoms with E-state index in [1.807, 2.05) is 37.3 Å². The molecule has 0 bridgehead atoms. The van der Waals surface area contributed by atoms with Crippen molar-refractivity contribution in [3.63, 3.8) is 0 Å². The van der Waals surface area contributed by atoms with Gasteiger partial charge in [-0.15, -0.1) is 11.8 Å². The van der Waals surface area contributed by atoms with Gasteiger partial charge in [0.15, 0.2) is 0 Å². The SMILES string of the molecule is C[C@H](Sc1ccccc1)C(=O)NCCCc1ccc(F)cc1. The van der Waals surface area contributed by atoms with Gasteiger partial charge >= 0.3 is 0 Å². The number of rotatable bonds is 7. The van der Waals surface area contributed by atoms with Crippen molar-refractivity contribution in [2.24, 2.45) is 0 Å². The van der Waals surface area contributed by atoms with Crippen molar-refractivity contribution in [1.29, 1.82) is 0 Å². The molecule has 1 amide bonds. The molecule has 0 fully saturated rings. The van der Waals surface area contributed by atoms with Gasteiger partial charge in [-0.05, 0) is 49.6 Å². The lowest BCUT2D eigenvalue weighted by Gasteiger charge is -2.12. The van der Waals surface area contributed by atoms with E-state index < -0.39 is 0 Å². The predicted molar refractivity (Wildman–Crippen MR) is 89.5 cm³/mol. The third-order valence-electron chi connectivity index (χ3n) is 3.28. The van der Waals surface area contributed by atoms with Crippen LogP contribution in [0.5, 0.6) is 0 Å². The van der Waals surface area contributed by atoms with Crippen molar-refractivity contribution in [1.82, 2.24) is 5.32 Å². The number of halogens is 1. The summed E-state index contributed by atoms with van der Waals surface area (Å²) in [6, 6.07) is 16.4. The van der Waals surface area contributed by atoms with E-state index in [1.165, 1.54) is 12.1 Å². The molecule has 2 aromatic carbocycles. The minimum absolute atomic E-state index is 0.0490. The topological polar surface area (TPSA) is 29.1 Å². The molecule has 0 spiro atoms. The quantitative estimate of drug-likeness (QED) is 0.616. The van der Waals surface area contributed by atoms with Crippen molar-refractivity contribution in [2.45, 2.75) is 29.9 Å². The van der Waals surface area contributed by atoms with E-state index in [-0.39, 0.29) is 17.0 Å². The number of hydrogen-bond donors (Lipinski definition) is 1. The maximum Gasteiger partial charge on any atom is 0.233 e. The molecule has 0 aliphatic carbocycles. The summed E-state index contributed by atoms with van der Waals surface area (Å²) in [4.78, 5) is 13.1. The molecule has 0 radical (unpaired) electrons. The van der Waals surface area contributed by atoms with Gasteiger partial charge in [0.05, 0.1) is 5.25 Å². The Kier molecular flexibility index (Phi) is 6.46. The second-order valence-corrected chi connectivity index (χ2v) is 6.51.